The largest absolute Gasteiger partial charge is 0.507 e. The normalized spacial score (nSPS) is 16.9. The molecule has 0 saturated carbocycles. The average molecular weight is 357 g/mol. The Bertz CT molecular complexity index is 824. The van der Waals surface area contributed by atoms with E-state index < -0.39 is 0 Å². The molecule has 0 spiro atoms. The predicted molar refractivity (Wildman–Crippen MR) is 106 cm³/mol. The van der Waals surface area contributed by atoms with Crippen molar-refractivity contribution in [2.45, 2.75) is 90.4 Å². The van der Waals surface area contributed by atoms with Gasteiger partial charge in [0.15, 0.2) is 11.5 Å². The van der Waals surface area contributed by atoms with Crippen LogP contribution in [0.25, 0.3) is 11.0 Å². The molecule has 1 aromatic carbocycles. The molecule has 1 heterocycles. The molecule has 0 atom stereocenters. The van der Waals surface area contributed by atoms with E-state index in [-0.39, 0.29) is 22.4 Å². The summed E-state index contributed by atoms with van der Waals surface area (Å²) in [5, 5.41) is 11.5. The molecular weight excluding hydrogens is 324 g/mol. The summed E-state index contributed by atoms with van der Waals surface area (Å²) in [6.07, 6.45) is 7.29. The summed E-state index contributed by atoms with van der Waals surface area (Å²) < 4.78 is 5.99. The van der Waals surface area contributed by atoms with Gasteiger partial charge in [-0.1, -0.05) is 60.3 Å². The van der Waals surface area contributed by atoms with E-state index in [1.165, 1.54) is 25.7 Å². The highest BCUT2D eigenvalue weighted by atomic mass is 16.3. The van der Waals surface area contributed by atoms with Crippen molar-refractivity contribution in [1.29, 1.82) is 0 Å². The number of phenolic OH excluding ortho intramolecular Hbond substituents is 1. The minimum atomic E-state index is -0.164. The van der Waals surface area contributed by atoms with Crippen LogP contribution in [0.5, 0.6) is 5.75 Å². The van der Waals surface area contributed by atoms with E-state index in [9.17, 15) is 9.90 Å². The molecule has 0 aliphatic heterocycles. The van der Waals surface area contributed by atoms with Crippen molar-refractivity contribution in [3.8, 4) is 5.75 Å². The van der Waals surface area contributed by atoms with Crippen LogP contribution < -0.4 is 0 Å². The van der Waals surface area contributed by atoms with Gasteiger partial charge in [-0.3, -0.25) is 4.79 Å². The minimum Gasteiger partial charge on any atom is -0.507 e. The lowest BCUT2D eigenvalue weighted by atomic mass is 9.73. The highest BCUT2D eigenvalue weighted by molar-refractivity contribution is 6.04. The number of benzene rings is 1. The van der Waals surface area contributed by atoms with E-state index in [0.29, 0.717) is 17.8 Å². The number of hydrogen-bond acceptors (Lipinski definition) is 3. The van der Waals surface area contributed by atoms with Crippen molar-refractivity contribution >= 4 is 16.8 Å². The fourth-order valence-corrected chi connectivity index (χ4v) is 4.24. The van der Waals surface area contributed by atoms with Gasteiger partial charge in [0.1, 0.15) is 11.3 Å². The molecule has 3 nitrogen and oxygen atoms in total. The maximum absolute atomic E-state index is 12.4. The van der Waals surface area contributed by atoms with Gasteiger partial charge in [0.25, 0.3) is 0 Å². The molecule has 3 heteroatoms. The van der Waals surface area contributed by atoms with Gasteiger partial charge in [0.2, 0.25) is 0 Å². The van der Waals surface area contributed by atoms with Crippen molar-refractivity contribution < 1.29 is 14.3 Å². The maximum Gasteiger partial charge on any atom is 0.198 e. The summed E-state index contributed by atoms with van der Waals surface area (Å²) in [5.41, 5.74) is 2.41. The van der Waals surface area contributed by atoms with Crippen molar-refractivity contribution in [3.05, 3.63) is 29.0 Å². The quantitative estimate of drug-likeness (QED) is 0.590. The Morgan fingerprint density at radius 2 is 1.92 bits per heavy atom. The number of carbonyl (C=O) groups excluding carboxylic acids is 1. The standard InChI is InChI=1S/C23H32O3/c1-6-7-8-9-11-22(2,3)15-13-17(25)19-18(14-15)26-21-16(24)10-12-23(4,5)20(19)21/h13-14,25H,6-12H2,1-5H3. The number of unbranched alkanes of at least 4 members (excludes halogenated alkanes) is 3. The second kappa shape index (κ2) is 6.75. The zero-order chi connectivity index (χ0) is 19.1. The molecule has 0 radical (unpaired) electrons. The third-order valence-electron chi connectivity index (χ3n) is 6.11. The summed E-state index contributed by atoms with van der Waals surface area (Å²) in [4.78, 5) is 12.4. The first-order valence-electron chi connectivity index (χ1n) is 10.0. The third-order valence-corrected chi connectivity index (χ3v) is 6.11. The van der Waals surface area contributed by atoms with E-state index in [1.807, 2.05) is 12.1 Å². The molecule has 0 amide bonds. The summed E-state index contributed by atoms with van der Waals surface area (Å²) >= 11 is 0. The number of ketones is 1. The molecule has 142 valence electrons. The Hall–Kier alpha value is -1.77. The number of hydrogen-bond donors (Lipinski definition) is 1. The van der Waals surface area contributed by atoms with Gasteiger partial charge in [-0.15, -0.1) is 0 Å². The monoisotopic (exact) mass is 356 g/mol. The number of phenols is 1. The Morgan fingerprint density at radius 3 is 2.62 bits per heavy atom. The zero-order valence-electron chi connectivity index (χ0n) is 16.9. The summed E-state index contributed by atoms with van der Waals surface area (Å²) in [7, 11) is 0. The molecule has 3 rings (SSSR count). The van der Waals surface area contributed by atoms with Crippen LogP contribution >= 0.6 is 0 Å². The molecule has 0 unspecified atom stereocenters. The van der Waals surface area contributed by atoms with Gasteiger partial charge >= 0.3 is 0 Å². The lowest BCUT2D eigenvalue weighted by molar-refractivity contribution is 0.0928. The number of furan rings is 1. The van der Waals surface area contributed by atoms with E-state index in [4.69, 9.17) is 4.42 Å². The number of fused-ring (bicyclic) bond motifs is 3. The Balaban J connectivity index is 2.03. The van der Waals surface area contributed by atoms with Gasteiger partial charge in [-0.25, -0.2) is 0 Å². The van der Waals surface area contributed by atoms with Crippen LogP contribution in [-0.2, 0) is 10.8 Å². The topological polar surface area (TPSA) is 50.4 Å². The molecule has 26 heavy (non-hydrogen) atoms. The van der Waals surface area contributed by atoms with Crippen molar-refractivity contribution in [3.63, 3.8) is 0 Å². The molecule has 0 saturated heterocycles. The lowest BCUT2D eigenvalue weighted by Gasteiger charge is -2.29. The van der Waals surface area contributed by atoms with Gasteiger partial charge in [0.05, 0.1) is 5.39 Å². The molecule has 0 fully saturated rings. The highest BCUT2D eigenvalue weighted by Crippen LogP contribution is 2.47. The van der Waals surface area contributed by atoms with Crippen molar-refractivity contribution in [2.24, 2.45) is 0 Å². The van der Waals surface area contributed by atoms with Crippen LogP contribution in [0.15, 0.2) is 16.5 Å². The second-order valence-electron chi connectivity index (χ2n) is 9.18. The SMILES string of the molecule is CCCCCCC(C)(C)c1cc(O)c2c3c(oc2c1)C(=O)CCC3(C)C. The van der Waals surface area contributed by atoms with Crippen LogP contribution in [0.3, 0.4) is 0 Å². The first kappa shape index (κ1) is 19.0. The number of carbonyl (C=O) groups is 1. The Morgan fingerprint density at radius 1 is 1.19 bits per heavy atom. The van der Waals surface area contributed by atoms with Gasteiger partial charge in [-0.05, 0) is 41.4 Å². The maximum atomic E-state index is 12.4. The molecule has 2 aromatic rings. The Labute approximate surface area is 156 Å². The summed E-state index contributed by atoms with van der Waals surface area (Å²) in [6, 6.07) is 3.92. The van der Waals surface area contributed by atoms with Crippen LogP contribution in [-0.4, -0.2) is 10.9 Å². The van der Waals surface area contributed by atoms with Crippen LogP contribution in [0.1, 0.15) is 101 Å². The predicted octanol–water partition coefficient (Wildman–Crippen LogP) is 6.64. The molecule has 1 N–H and O–H groups in total. The number of rotatable bonds is 6. The Kier molecular flexibility index (Phi) is 4.94. The summed E-state index contributed by atoms with van der Waals surface area (Å²) in [5.74, 6) is 0.742. The highest BCUT2D eigenvalue weighted by Gasteiger charge is 2.38. The fourth-order valence-electron chi connectivity index (χ4n) is 4.24. The smallest absolute Gasteiger partial charge is 0.198 e. The molecular formula is C23H32O3. The number of aromatic hydroxyl groups is 1. The van der Waals surface area contributed by atoms with Crippen LogP contribution in [0.4, 0.5) is 0 Å². The van der Waals surface area contributed by atoms with E-state index in [2.05, 4.69) is 34.6 Å². The second-order valence-corrected chi connectivity index (χ2v) is 9.18. The minimum absolute atomic E-state index is 0.0355. The van der Waals surface area contributed by atoms with Gasteiger partial charge in [-0.2, -0.15) is 0 Å². The molecule has 1 aliphatic carbocycles. The van der Waals surface area contributed by atoms with Crippen LogP contribution in [0.2, 0.25) is 0 Å². The first-order chi connectivity index (χ1) is 12.2. The molecule has 1 aliphatic rings. The van der Waals surface area contributed by atoms with Crippen molar-refractivity contribution in [1.82, 2.24) is 0 Å². The van der Waals surface area contributed by atoms with Crippen LogP contribution in [0, 0.1) is 0 Å². The average Bonchev–Trinajstić information content (AvgIpc) is 2.97. The van der Waals surface area contributed by atoms with Gasteiger partial charge < -0.3 is 9.52 Å². The fraction of sp³-hybridized carbons (Fsp3) is 0.609. The lowest BCUT2D eigenvalue weighted by Crippen LogP contribution is -2.26. The third kappa shape index (κ3) is 3.28. The molecule has 0 bridgehead atoms. The van der Waals surface area contributed by atoms with Gasteiger partial charge in [0, 0.05) is 12.0 Å². The van der Waals surface area contributed by atoms with Crippen molar-refractivity contribution in [2.75, 3.05) is 0 Å². The van der Waals surface area contributed by atoms with E-state index in [1.54, 1.807) is 0 Å². The summed E-state index contributed by atoms with van der Waals surface area (Å²) in [6.45, 7) is 10.9. The molecule has 1 aromatic heterocycles. The van der Waals surface area contributed by atoms with E-state index >= 15 is 0 Å². The van der Waals surface area contributed by atoms with E-state index in [0.717, 1.165) is 29.4 Å². The zero-order valence-corrected chi connectivity index (χ0v) is 16.9. The number of Topliss-reactive ketones (excluding diaryl/α,β-unsaturated/α-hetero) is 1. The first-order valence-corrected chi connectivity index (χ1v) is 10.0.